The van der Waals surface area contributed by atoms with Crippen molar-refractivity contribution in [3.63, 3.8) is 0 Å². The SMILES string of the molecule is COC1(C(N)Cc2ccc(Br)cc2F)CCCCC1. The molecule has 1 unspecified atom stereocenters. The Kier molecular flexibility index (Phi) is 4.98. The molecule has 1 aromatic carbocycles. The molecule has 4 heteroatoms. The third kappa shape index (κ3) is 3.36. The predicted molar refractivity (Wildman–Crippen MR) is 78.6 cm³/mol. The molecule has 0 spiro atoms. The van der Waals surface area contributed by atoms with Crippen LogP contribution in [0.1, 0.15) is 37.7 Å². The topological polar surface area (TPSA) is 35.2 Å². The van der Waals surface area contributed by atoms with Gasteiger partial charge in [0.2, 0.25) is 0 Å². The van der Waals surface area contributed by atoms with E-state index in [1.807, 2.05) is 6.07 Å². The first kappa shape index (κ1) is 14.9. The third-order valence-corrected chi connectivity index (χ3v) is 4.73. The molecular formula is C15H21BrFNO. The summed E-state index contributed by atoms with van der Waals surface area (Å²) in [6.45, 7) is 0. The van der Waals surface area contributed by atoms with E-state index in [0.717, 1.165) is 30.2 Å². The van der Waals surface area contributed by atoms with Gasteiger partial charge in [-0.15, -0.1) is 0 Å². The van der Waals surface area contributed by atoms with Crippen LogP contribution in [-0.2, 0) is 11.2 Å². The van der Waals surface area contributed by atoms with Crippen LogP contribution >= 0.6 is 15.9 Å². The van der Waals surface area contributed by atoms with E-state index in [-0.39, 0.29) is 17.5 Å². The maximum Gasteiger partial charge on any atom is 0.127 e. The normalized spacial score (nSPS) is 20.2. The number of ether oxygens (including phenoxy) is 1. The molecule has 0 bridgehead atoms. The molecule has 0 aromatic heterocycles. The zero-order chi connectivity index (χ0) is 13.9. The van der Waals surface area contributed by atoms with Crippen molar-refractivity contribution in [2.24, 2.45) is 5.73 Å². The Hall–Kier alpha value is -0.450. The molecule has 1 aliphatic rings. The largest absolute Gasteiger partial charge is 0.377 e. The lowest BCUT2D eigenvalue weighted by Crippen LogP contribution is -2.52. The van der Waals surface area contributed by atoms with Gasteiger partial charge in [0.25, 0.3) is 0 Å². The summed E-state index contributed by atoms with van der Waals surface area (Å²) in [7, 11) is 1.73. The molecule has 19 heavy (non-hydrogen) atoms. The summed E-state index contributed by atoms with van der Waals surface area (Å²) in [5, 5.41) is 0. The molecular weight excluding hydrogens is 309 g/mol. The number of rotatable bonds is 4. The van der Waals surface area contributed by atoms with Crippen LogP contribution in [0.2, 0.25) is 0 Å². The van der Waals surface area contributed by atoms with Crippen molar-refractivity contribution in [2.45, 2.75) is 50.2 Å². The van der Waals surface area contributed by atoms with E-state index in [4.69, 9.17) is 10.5 Å². The molecule has 2 rings (SSSR count). The van der Waals surface area contributed by atoms with Gasteiger partial charge in [-0.2, -0.15) is 0 Å². The highest BCUT2D eigenvalue weighted by Gasteiger charge is 2.38. The monoisotopic (exact) mass is 329 g/mol. The summed E-state index contributed by atoms with van der Waals surface area (Å²) in [6, 6.07) is 4.98. The van der Waals surface area contributed by atoms with Crippen LogP contribution in [-0.4, -0.2) is 18.8 Å². The van der Waals surface area contributed by atoms with Crippen molar-refractivity contribution in [3.05, 3.63) is 34.1 Å². The second-order valence-electron chi connectivity index (χ2n) is 5.38. The smallest absolute Gasteiger partial charge is 0.127 e. The van der Waals surface area contributed by atoms with Crippen molar-refractivity contribution in [1.82, 2.24) is 0 Å². The maximum atomic E-state index is 13.9. The van der Waals surface area contributed by atoms with Gasteiger partial charge in [-0.05, 0) is 37.0 Å². The Balaban J connectivity index is 2.12. The first-order valence-electron chi connectivity index (χ1n) is 6.82. The van der Waals surface area contributed by atoms with Gasteiger partial charge in [-0.25, -0.2) is 4.39 Å². The molecule has 1 saturated carbocycles. The molecule has 106 valence electrons. The molecule has 0 radical (unpaired) electrons. The zero-order valence-corrected chi connectivity index (χ0v) is 12.9. The molecule has 2 N–H and O–H groups in total. The van der Waals surface area contributed by atoms with Crippen LogP contribution in [0.15, 0.2) is 22.7 Å². The average Bonchev–Trinajstić information content (AvgIpc) is 2.42. The number of benzene rings is 1. The number of hydrogen-bond acceptors (Lipinski definition) is 2. The molecule has 0 aliphatic heterocycles. The summed E-state index contributed by atoms with van der Waals surface area (Å²) in [5.41, 5.74) is 6.71. The van der Waals surface area contributed by atoms with Gasteiger partial charge < -0.3 is 10.5 Å². The third-order valence-electron chi connectivity index (χ3n) is 4.24. The summed E-state index contributed by atoms with van der Waals surface area (Å²) in [5.74, 6) is -0.202. The fraction of sp³-hybridized carbons (Fsp3) is 0.600. The summed E-state index contributed by atoms with van der Waals surface area (Å²) >= 11 is 3.27. The van der Waals surface area contributed by atoms with E-state index in [1.165, 1.54) is 12.5 Å². The van der Waals surface area contributed by atoms with Crippen LogP contribution in [0.4, 0.5) is 4.39 Å². The van der Waals surface area contributed by atoms with Crippen LogP contribution in [0, 0.1) is 5.82 Å². The van der Waals surface area contributed by atoms with E-state index >= 15 is 0 Å². The van der Waals surface area contributed by atoms with Crippen molar-refractivity contribution in [1.29, 1.82) is 0 Å². The summed E-state index contributed by atoms with van der Waals surface area (Å²) in [6.07, 6.45) is 6.00. The summed E-state index contributed by atoms with van der Waals surface area (Å²) in [4.78, 5) is 0. The lowest BCUT2D eigenvalue weighted by molar-refractivity contribution is -0.0584. The lowest BCUT2D eigenvalue weighted by Gasteiger charge is -2.41. The minimum atomic E-state index is -0.280. The first-order chi connectivity index (χ1) is 9.07. The van der Waals surface area contributed by atoms with Crippen molar-refractivity contribution in [2.75, 3.05) is 7.11 Å². The minimum Gasteiger partial charge on any atom is -0.377 e. The Morgan fingerprint density at radius 1 is 1.37 bits per heavy atom. The van der Waals surface area contributed by atoms with Gasteiger partial charge in [-0.3, -0.25) is 0 Å². The van der Waals surface area contributed by atoms with Crippen LogP contribution in [0.25, 0.3) is 0 Å². The predicted octanol–water partition coefficient (Wildman–Crippen LogP) is 3.81. The van der Waals surface area contributed by atoms with E-state index in [1.54, 1.807) is 13.2 Å². The van der Waals surface area contributed by atoms with E-state index in [0.29, 0.717) is 12.0 Å². The molecule has 1 aliphatic carbocycles. The lowest BCUT2D eigenvalue weighted by atomic mass is 9.77. The van der Waals surface area contributed by atoms with Crippen LogP contribution in [0.5, 0.6) is 0 Å². The Morgan fingerprint density at radius 2 is 2.05 bits per heavy atom. The number of hydrogen-bond donors (Lipinski definition) is 1. The molecule has 2 nitrogen and oxygen atoms in total. The van der Waals surface area contributed by atoms with Crippen molar-refractivity contribution >= 4 is 15.9 Å². The molecule has 0 saturated heterocycles. The van der Waals surface area contributed by atoms with Crippen LogP contribution < -0.4 is 5.73 Å². The molecule has 1 atom stereocenters. The van der Waals surface area contributed by atoms with E-state index in [9.17, 15) is 4.39 Å². The molecule has 1 aromatic rings. The number of halogens is 2. The zero-order valence-electron chi connectivity index (χ0n) is 11.3. The molecule has 1 fully saturated rings. The highest BCUT2D eigenvalue weighted by atomic mass is 79.9. The average molecular weight is 330 g/mol. The molecule has 0 amide bonds. The second kappa shape index (κ2) is 6.33. The van der Waals surface area contributed by atoms with Gasteiger partial charge in [0.1, 0.15) is 5.82 Å². The highest BCUT2D eigenvalue weighted by Crippen LogP contribution is 2.34. The van der Waals surface area contributed by atoms with Crippen molar-refractivity contribution < 1.29 is 9.13 Å². The molecule has 0 heterocycles. The number of nitrogens with two attached hydrogens (primary N) is 1. The Bertz CT molecular complexity index is 432. The van der Waals surface area contributed by atoms with Gasteiger partial charge in [0.05, 0.1) is 5.60 Å². The number of methoxy groups -OCH3 is 1. The van der Waals surface area contributed by atoms with Crippen LogP contribution in [0.3, 0.4) is 0 Å². The first-order valence-corrected chi connectivity index (χ1v) is 7.61. The van der Waals surface area contributed by atoms with Crippen molar-refractivity contribution in [3.8, 4) is 0 Å². The minimum absolute atomic E-state index is 0.159. The van der Waals surface area contributed by atoms with E-state index < -0.39 is 0 Å². The van der Waals surface area contributed by atoms with Gasteiger partial charge in [0, 0.05) is 17.6 Å². The fourth-order valence-corrected chi connectivity index (χ4v) is 3.32. The Labute approximate surface area is 122 Å². The standard InChI is InChI=1S/C15H21BrFNO/c1-19-15(7-3-2-4-8-15)14(18)9-11-5-6-12(16)10-13(11)17/h5-6,10,14H,2-4,7-9,18H2,1H3. The summed E-state index contributed by atoms with van der Waals surface area (Å²) < 4.78 is 20.4. The Morgan fingerprint density at radius 3 is 2.63 bits per heavy atom. The maximum absolute atomic E-state index is 13.9. The van der Waals surface area contributed by atoms with Gasteiger partial charge in [0.15, 0.2) is 0 Å². The highest BCUT2D eigenvalue weighted by molar-refractivity contribution is 9.10. The quantitative estimate of drug-likeness (QED) is 0.911. The fourth-order valence-electron chi connectivity index (χ4n) is 2.99. The van der Waals surface area contributed by atoms with Gasteiger partial charge in [-0.1, -0.05) is 41.3 Å². The van der Waals surface area contributed by atoms with E-state index in [2.05, 4.69) is 15.9 Å². The van der Waals surface area contributed by atoms with Gasteiger partial charge >= 0.3 is 0 Å². The second-order valence-corrected chi connectivity index (χ2v) is 6.29.